The van der Waals surface area contributed by atoms with Gasteiger partial charge in [0.2, 0.25) is 0 Å². The summed E-state index contributed by atoms with van der Waals surface area (Å²) in [6.07, 6.45) is 1.49. The lowest BCUT2D eigenvalue weighted by molar-refractivity contribution is -0.128. The lowest BCUT2D eigenvalue weighted by Crippen LogP contribution is -1.92. The van der Waals surface area contributed by atoms with Gasteiger partial charge in [-0.3, -0.25) is 4.79 Å². The third-order valence-corrected chi connectivity index (χ3v) is 3.16. The molecule has 0 atom stereocenters. The zero-order valence-electron chi connectivity index (χ0n) is 8.81. The van der Waals surface area contributed by atoms with E-state index in [2.05, 4.69) is 11.3 Å². The van der Waals surface area contributed by atoms with Gasteiger partial charge in [0.05, 0.1) is 0 Å². The molecule has 0 spiro atoms. The highest BCUT2D eigenvalue weighted by molar-refractivity contribution is 8.76. The first-order valence-electron chi connectivity index (χ1n) is 4.29. The van der Waals surface area contributed by atoms with Gasteiger partial charge in [-0.15, -0.1) is 0 Å². The Kier molecular flexibility index (Phi) is 17.7. The topological polar surface area (TPSA) is 69.4 Å². The van der Waals surface area contributed by atoms with Crippen LogP contribution < -0.4 is 5.73 Å². The first-order chi connectivity index (χ1) is 7.15. The van der Waals surface area contributed by atoms with E-state index in [-0.39, 0.29) is 0 Å². The number of carbonyl (C=O) groups is 2. The highest BCUT2D eigenvalue weighted by Crippen LogP contribution is 2.20. The predicted molar refractivity (Wildman–Crippen MR) is 66.6 cm³/mol. The van der Waals surface area contributed by atoms with Gasteiger partial charge >= 0.3 is 0 Å². The Morgan fingerprint density at radius 3 is 2.40 bits per heavy atom. The standard InChI is InChI=1S/C6H10O3S2.C3H7N/c7-2-1-4-10-11-5-3-9-6-8;1-3(2)4/h2,6H,1,3-5H2;1,4H2,2H3. The fraction of sp³-hybridized carbons (Fsp3) is 0.556. The van der Waals surface area contributed by atoms with Crippen LogP contribution in [0, 0.1) is 0 Å². The number of carbonyl (C=O) groups excluding carboxylic acids is 2. The van der Waals surface area contributed by atoms with Gasteiger partial charge in [0.25, 0.3) is 6.47 Å². The van der Waals surface area contributed by atoms with E-state index in [9.17, 15) is 9.59 Å². The van der Waals surface area contributed by atoms with E-state index in [1.807, 2.05) is 0 Å². The molecule has 0 saturated heterocycles. The third kappa shape index (κ3) is 31.8. The molecule has 15 heavy (non-hydrogen) atoms. The van der Waals surface area contributed by atoms with Gasteiger partial charge in [0, 0.05) is 17.9 Å². The van der Waals surface area contributed by atoms with E-state index < -0.39 is 0 Å². The van der Waals surface area contributed by atoms with Crippen LogP contribution in [0.25, 0.3) is 0 Å². The van der Waals surface area contributed by atoms with Crippen molar-refractivity contribution in [2.45, 2.75) is 13.3 Å². The fourth-order valence-corrected chi connectivity index (χ4v) is 2.14. The molecular formula is C9H17NO3S2. The molecule has 0 rings (SSSR count). The summed E-state index contributed by atoms with van der Waals surface area (Å²) in [4.78, 5) is 19.5. The van der Waals surface area contributed by atoms with Crippen molar-refractivity contribution in [2.24, 2.45) is 5.73 Å². The van der Waals surface area contributed by atoms with E-state index in [4.69, 9.17) is 5.73 Å². The number of ether oxygens (including phenoxy) is 1. The highest BCUT2D eigenvalue weighted by atomic mass is 33.1. The Morgan fingerprint density at radius 1 is 1.40 bits per heavy atom. The molecule has 0 bridgehead atoms. The van der Waals surface area contributed by atoms with E-state index in [1.54, 1.807) is 28.5 Å². The van der Waals surface area contributed by atoms with Gasteiger partial charge in [0.1, 0.15) is 12.9 Å². The lowest BCUT2D eigenvalue weighted by Gasteiger charge is -1.96. The van der Waals surface area contributed by atoms with E-state index in [0.717, 1.165) is 17.8 Å². The van der Waals surface area contributed by atoms with Crippen molar-refractivity contribution < 1.29 is 14.3 Å². The smallest absolute Gasteiger partial charge is 0.293 e. The summed E-state index contributed by atoms with van der Waals surface area (Å²) >= 11 is 0. The van der Waals surface area contributed by atoms with Crippen molar-refractivity contribution >= 4 is 34.3 Å². The molecule has 0 aliphatic heterocycles. The second-order valence-corrected chi connectivity index (χ2v) is 5.11. The average Bonchev–Trinajstić information content (AvgIpc) is 2.16. The largest absolute Gasteiger partial charge is 0.467 e. The van der Waals surface area contributed by atoms with Crippen molar-refractivity contribution in [3.05, 3.63) is 12.3 Å². The van der Waals surface area contributed by atoms with Crippen LogP contribution in [0.2, 0.25) is 0 Å². The quantitative estimate of drug-likeness (QED) is 0.401. The van der Waals surface area contributed by atoms with Crippen LogP contribution in [0.1, 0.15) is 13.3 Å². The van der Waals surface area contributed by atoms with Crippen LogP contribution in [0.4, 0.5) is 0 Å². The van der Waals surface area contributed by atoms with Gasteiger partial charge in [-0.25, -0.2) is 0 Å². The number of hydrogen-bond acceptors (Lipinski definition) is 6. The van der Waals surface area contributed by atoms with Crippen molar-refractivity contribution in [1.29, 1.82) is 0 Å². The molecule has 0 unspecified atom stereocenters. The Morgan fingerprint density at radius 2 is 1.93 bits per heavy atom. The number of hydrogen-bond donors (Lipinski definition) is 1. The van der Waals surface area contributed by atoms with Crippen LogP contribution in [-0.2, 0) is 14.3 Å². The summed E-state index contributed by atoms with van der Waals surface area (Å²) in [7, 11) is 3.22. The number of rotatable bonds is 8. The van der Waals surface area contributed by atoms with E-state index in [1.165, 1.54) is 0 Å². The first kappa shape index (κ1) is 16.8. The molecular weight excluding hydrogens is 234 g/mol. The molecule has 0 amide bonds. The number of aldehydes is 1. The van der Waals surface area contributed by atoms with Crippen molar-refractivity contribution in [1.82, 2.24) is 0 Å². The van der Waals surface area contributed by atoms with Crippen LogP contribution in [0.3, 0.4) is 0 Å². The summed E-state index contributed by atoms with van der Waals surface area (Å²) in [6, 6.07) is 0. The Hall–Kier alpha value is -0.620. The lowest BCUT2D eigenvalue weighted by atomic mass is 10.6. The number of allylic oxidation sites excluding steroid dienone is 1. The summed E-state index contributed by atoms with van der Waals surface area (Å²) in [5.41, 5.74) is 5.58. The molecule has 0 aromatic carbocycles. The molecule has 0 fully saturated rings. The minimum atomic E-state index is 0.441. The molecule has 0 radical (unpaired) electrons. The summed E-state index contributed by atoms with van der Waals surface area (Å²) in [6.45, 7) is 5.97. The van der Waals surface area contributed by atoms with Crippen molar-refractivity contribution in [2.75, 3.05) is 18.1 Å². The first-order valence-corrected chi connectivity index (χ1v) is 6.78. The van der Waals surface area contributed by atoms with Gasteiger partial charge in [-0.05, 0) is 12.6 Å². The molecule has 4 nitrogen and oxygen atoms in total. The fourth-order valence-electron chi connectivity index (χ4n) is 0.344. The molecule has 88 valence electrons. The summed E-state index contributed by atoms with van der Waals surface area (Å²) in [5, 5.41) is 0. The maximum atomic E-state index is 9.85. The third-order valence-electron chi connectivity index (χ3n) is 0.755. The minimum Gasteiger partial charge on any atom is -0.467 e. The zero-order valence-corrected chi connectivity index (χ0v) is 10.4. The average molecular weight is 251 g/mol. The normalized spacial score (nSPS) is 8.33. The monoisotopic (exact) mass is 251 g/mol. The van der Waals surface area contributed by atoms with Crippen molar-refractivity contribution in [3.63, 3.8) is 0 Å². The molecule has 0 aromatic heterocycles. The van der Waals surface area contributed by atoms with Gasteiger partial charge in [-0.2, -0.15) is 0 Å². The van der Waals surface area contributed by atoms with Crippen LogP contribution >= 0.6 is 21.6 Å². The molecule has 0 heterocycles. The maximum Gasteiger partial charge on any atom is 0.293 e. The van der Waals surface area contributed by atoms with Crippen LogP contribution in [0.5, 0.6) is 0 Å². The SMILES string of the molecule is C=C(C)N.O=CCCSSCCOC=O. The molecule has 0 aromatic rings. The van der Waals surface area contributed by atoms with Gasteiger partial charge in [0.15, 0.2) is 0 Å². The molecule has 0 saturated carbocycles. The van der Waals surface area contributed by atoms with Crippen molar-refractivity contribution in [3.8, 4) is 0 Å². The molecule has 6 heteroatoms. The second-order valence-electron chi connectivity index (χ2n) is 2.41. The van der Waals surface area contributed by atoms with Gasteiger partial charge in [-0.1, -0.05) is 28.2 Å². The Labute approximate surface area is 98.4 Å². The molecule has 0 aliphatic rings. The Balaban J connectivity index is 0. The second kappa shape index (κ2) is 15.8. The van der Waals surface area contributed by atoms with Gasteiger partial charge < -0.3 is 15.3 Å². The number of nitrogens with two attached hydrogens (primary N) is 1. The van der Waals surface area contributed by atoms with E-state index >= 15 is 0 Å². The summed E-state index contributed by atoms with van der Waals surface area (Å²) in [5.74, 6) is 1.61. The van der Waals surface area contributed by atoms with Crippen LogP contribution in [0.15, 0.2) is 12.3 Å². The predicted octanol–water partition coefficient (Wildman–Crippen LogP) is 1.61. The zero-order chi connectivity index (χ0) is 11.9. The highest BCUT2D eigenvalue weighted by Gasteiger charge is 1.89. The van der Waals surface area contributed by atoms with Crippen LogP contribution in [-0.4, -0.2) is 30.9 Å². The minimum absolute atomic E-state index is 0.441. The maximum absolute atomic E-state index is 9.85. The Bertz CT molecular complexity index is 161. The van der Waals surface area contributed by atoms with E-state index in [0.29, 0.717) is 25.2 Å². The molecule has 0 aliphatic carbocycles. The molecule has 2 N–H and O–H groups in total. The summed E-state index contributed by atoms with van der Waals surface area (Å²) < 4.78 is 4.46.